The van der Waals surface area contributed by atoms with Crippen LogP contribution in [-0.2, 0) is 13.0 Å². The molecule has 0 spiro atoms. The van der Waals surface area contributed by atoms with Gasteiger partial charge in [0, 0.05) is 49.0 Å². The van der Waals surface area contributed by atoms with Crippen molar-refractivity contribution < 1.29 is 4.39 Å². The second kappa shape index (κ2) is 9.48. The van der Waals surface area contributed by atoms with Gasteiger partial charge in [-0.15, -0.1) is 0 Å². The molecule has 2 aromatic carbocycles. The molecule has 0 amide bonds. The summed E-state index contributed by atoms with van der Waals surface area (Å²) in [4.78, 5) is 10.2. The van der Waals surface area contributed by atoms with Crippen molar-refractivity contribution in [1.82, 2.24) is 15.6 Å². The van der Waals surface area contributed by atoms with Crippen LogP contribution < -0.4 is 15.5 Å². The Hall–Kier alpha value is -3.28. The van der Waals surface area contributed by atoms with Gasteiger partial charge in [-0.2, -0.15) is 0 Å². The predicted molar refractivity (Wildman–Crippen MR) is 123 cm³/mol. The highest BCUT2D eigenvalue weighted by Gasteiger charge is 2.08. The number of benzene rings is 2. The molecule has 3 aromatic rings. The second-order valence-corrected chi connectivity index (χ2v) is 7.42. The van der Waals surface area contributed by atoms with Gasteiger partial charge in [0.1, 0.15) is 5.82 Å². The number of nitrogens with zero attached hydrogens (tertiary/aromatic N) is 2. The number of aromatic amines is 1. The topological polar surface area (TPSA) is 55.5 Å². The van der Waals surface area contributed by atoms with Crippen LogP contribution in [0.3, 0.4) is 0 Å². The summed E-state index contributed by atoms with van der Waals surface area (Å²) in [7, 11) is 0. The third-order valence-corrected chi connectivity index (χ3v) is 5.27. The smallest absolute Gasteiger partial charge is 0.191 e. The molecule has 0 saturated heterocycles. The Kier molecular flexibility index (Phi) is 6.32. The minimum absolute atomic E-state index is 0.222. The van der Waals surface area contributed by atoms with E-state index >= 15 is 0 Å². The van der Waals surface area contributed by atoms with Crippen molar-refractivity contribution in [1.29, 1.82) is 0 Å². The molecule has 0 saturated carbocycles. The highest BCUT2D eigenvalue weighted by Crippen LogP contribution is 2.20. The van der Waals surface area contributed by atoms with E-state index in [1.54, 1.807) is 0 Å². The summed E-state index contributed by atoms with van der Waals surface area (Å²) in [5.74, 6) is 0.581. The van der Waals surface area contributed by atoms with E-state index < -0.39 is 0 Å². The third-order valence-electron chi connectivity index (χ3n) is 5.27. The Morgan fingerprint density at radius 3 is 2.83 bits per heavy atom. The minimum Gasteiger partial charge on any atom is -0.364 e. The van der Waals surface area contributed by atoms with Gasteiger partial charge in [-0.05, 0) is 54.8 Å². The van der Waals surface area contributed by atoms with E-state index in [9.17, 15) is 4.39 Å². The summed E-state index contributed by atoms with van der Waals surface area (Å²) in [6.45, 7) is 6.17. The van der Waals surface area contributed by atoms with Gasteiger partial charge in [0.2, 0.25) is 0 Å². The Morgan fingerprint density at radius 2 is 2.00 bits per heavy atom. The van der Waals surface area contributed by atoms with Crippen LogP contribution in [0.25, 0.3) is 10.9 Å². The molecule has 4 rings (SSSR count). The zero-order valence-electron chi connectivity index (χ0n) is 17.3. The summed E-state index contributed by atoms with van der Waals surface area (Å²) < 4.78 is 13.4. The van der Waals surface area contributed by atoms with Crippen LogP contribution in [0, 0.1) is 5.82 Å². The summed E-state index contributed by atoms with van der Waals surface area (Å²) >= 11 is 0. The Bertz CT molecular complexity index is 1040. The molecule has 3 N–H and O–H groups in total. The third kappa shape index (κ3) is 4.82. The van der Waals surface area contributed by atoms with Crippen LogP contribution in [0.1, 0.15) is 18.1 Å². The molecule has 1 aromatic heterocycles. The lowest BCUT2D eigenvalue weighted by Crippen LogP contribution is -2.38. The maximum atomic E-state index is 13.4. The number of halogens is 1. The molecule has 6 heteroatoms. The van der Waals surface area contributed by atoms with Crippen LogP contribution >= 0.6 is 0 Å². The number of rotatable bonds is 7. The first kappa shape index (κ1) is 20.0. The zero-order chi connectivity index (χ0) is 20.8. The number of fused-ring (bicyclic) bond motifs is 1. The molecule has 2 heterocycles. The van der Waals surface area contributed by atoms with Crippen molar-refractivity contribution in [2.75, 3.05) is 31.1 Å². The molecule has 5 nitrogen and oxygen atoms in total. The quantitative estimate of drug-likeness (QED) is 0.317. The lowest BCUT2D eigenvalue weighted by atomic mass is 10.1. The van der Waals surface area contributed by atoms with Crippen LogP contribution in [-0.4, -0.2) is 37.1 Å². The van der Waals surface area contributed by atoms with E-state index in [-0.39, 0.29) is 5.82 Å². The van der Waals surface area contributed by atoms with Gasteiger partial charge in [0.15, 0.2) is 5.96 Å². The average molecular weight is 406 g/mol. The predicted octanol–water partition coefficient (Wildman–Crippen LogP) is 3.98. The highest BCUT2D eigenvalue weighted by atomic mass is 19.1. The fraction of sp³-hybridized carbons (Fsp3) is 0.292. The molecule has 0 radical (unpaired) electrons. The van der Waals surface area contributed by atoms with Crippen molar-refractivity contribution in [3.63, 3.8) is 0 Å². The largest absolute Gasteiger partial charge is 0.364 e. The molecule has 30 heavy (non-hydrogen) atoms. The van der Waals surface area contributed by atoms with Gasteiger partial charge in [0.25, 0.3) is 0 Å². The maximum absolute atomic E-state index is 13.4. The van der Waals surface area contributed by atoms with E-state index in [4.69, 9.17) is 4.99 Å². The lowest BCUT2D eigenvalue weighted by molar-refractivity contribution is 0.629. The standard InChI is InChI=1S/C24H28FN5/c1-2-26-24(27-11-10-19-17-28-23-15-20(25)8-9-22(19)23)29-16-18-6-5-7-21(14-18)30-12-3-4-13-30/h3-9,14-15,17,28H,2,10-13,16H2,1H3,(H2,26,27,29). The number of guanidine groups is 1. The first-order chi connectivity index (χ1) is 14.7. The summed E-state index contributed by atoms with van der Waals surface area (Å²) in [6, 6.07) is 13.4. The first-order valence-corrected chi connectivity index (χ1v) is 10.5. The molecule has 0 aliphatic carbocycles. The number of hydrogen-bond acceptors (Lipinski definition) is 2. The number of anilines is 1. The van der Waals surface area contributed by atoms with Crippen molar-refractivity contribution in [2.24, 2.45) is 4.99 Å². The van der Waals surface area contributed by atoms with Gasteiger partial charge in [-0.25, -0.2) is 9.38 Å². The van der Waals surface area contributed by atoms with Crippen LogP contribution in [0.15, 0.2) is 65.8 Å². The number of hydrogen-bond donors (Lipinski definition) is 3. The number of aromatic nitrogens is 1. The van der Waals surface area contributed by atoms with Crippen LogP contribution in [0.4, 0.5) is 10.1 Å². The molecular formula is C24H28FN5. The average Bonchev–Trinajstić information content (AvgIpc) is 3.42. The molecule has 0 fully saturated rings. The summed E-state index contributed by atoms with van der Waals surface area (Å²) in [5, 5.41) is 7.78. The van der Waals surface area contributed by atoms with E-state index in [2.05, 4.69) is 63.9 Å². The maximum Gasteiger partial charge on any atom is 0.191 e. The fourth-order valence-electron chi connectivity index (χ4n) is 3.73. The molecule has 1 aliphatic heterocycles. The summed E-state index contributed by atoms with van der Waals surface area (Å²) in [5.41, 5.74) is 4.43. The molecule has 156 valence electrons. The highest BCUT2D eigenvalue weighted by molar-refractivity contribution is 5.83. The molecule has 1 aliphatic rings. The minimum atomic E-state index is -0.222. The normalized spacial score (nSPS) is 13.9. The van der Waals surface area contributed by atoms with Crippen molar-refractivity contribution in [2.45, 2.75) is 19.9 Å². The van der Waals surface area contributed by atoms with Gasteiger partial charge in [0.05, 0.1) is 6.54 Å². The van der Waals surface area contributed by atoms with E-state index in [0.29, 0.717) is 6.54 Å². The van der Waals surface area contributed by atoms with Crippen molar-refractivity contribution >= 4 is 22.5 Å². The SMILES string of the molecule is CCNC(=NCc1cccc(N2CC=CC2)c1)NCCc1c[nH]c2cc(F)ccc12. The monoisotopic (exact) mass is 405 g/mol. The van der Waals surface area contributed by atoms with E-state index in [1.165, 1.54) is 28.9 Å². The Morgan fingerprint density at radius 1 is 1.13 bits per heavy atom. The van der Waals surface area contributed by atoms with Gasteiger partial charge in [-0.3, -0.25) is 0 Å². The lowest BCUT2D eigenvalue weighted by Gasteiger charge is -2.18. The van der Waals surface area contributed by atoms with Crippen LogP contribution in [0.5, 0.6) is 0 Å². The van der Waals surface area contributed by atoms with Gasteiger partial charge < -0.3 is 20.5 Å². The number of aliphatic imine (C=N–C) groups is 1. The molecule has 0 bridgehead atoms. The van der Waals surface area contributed by atoms with E-state index in [1.807, 2.05) is 12.3 Å². The fourth-order valence-corrected chi connectivity index (χ4v) is 3.73. The van der Waals surface area contributed by atoms with Crippen molar-refractivity contribution in [3.8, 4) is 0 Å². The molecule has 0 atom stereocenters. The molecule has 0 unspecified atom stereocenters. The van der Waals surface area contributed by atoms with Crippen LogP contribution in [0.2, 0.25) is 0 Å². The number of nitrogens with one attached hydrogen (secondary N) is 3. The number of H-pyrrole nitrogens is 1. The Balaban J connectivity index is 1.36. The summed E-state index contributed by atoms with van der Waals surface area (Å²) in [6.07, 6.45) is 7.17. The second-order valence-electron chi connectivity index (χ2n) is 7.42. The zero-order valence-corrected chi connectivity index (χ0v) is 17.3. The van der Waals surface area contributed by atoms with E-state index in [0.717, 1.165) is 49.5 Å². The van der Waals surface area contributed by atoms with Gasteiger partial charge >= 0.3 is 0 Å². The Labute approximate surface area is 176 Å². The van der Waals surface area contributed by atoms with Crippen molar-refractivity contribution in [3.05, 3.63) is 77.8 Å². The first-order valence-electron chi connectivity index (χ1n) is 10.5. The molecular weight excluding hydrogens is 377 g/mol. The van der Waals surface area contributed by atoms with Gasteiger partial charge in [-0.1, -0.05) is 24.3 Å².